The van der Waals surface area contributed by atoms with Gasteiger partial charge in [0.15, 0.2) is 0 Å². The normalized spacial score (nSPS) is 13.4. The second kappa shape index (κ2) is 6.99. The Morgan fingerprint density at radius 2 is 2.12 bits per heavy atom. The third-order valence-corrected chi connectivity index (χ3v) is 0.675. The minimum absolute atomic E-state index is 0. The first kappa shape index (κ1) is 10.9. The van der Waals surface area contributed by atoms with Crippen LogP contribution in [0.25, 0.3) is 0 Å². The topological polar surface area (TPSA) is 26.0 Å². The molecular weight excluding hydrogens is 122 g/mol. The highest BCUT2D eigenvalue weighted by molar-refractivity contribution is 5.85. The fourth-order valence-electron chi connectivity index (χ4n) is 0.351. The van der Waals surface area contributed by atoms with Crippen molar-refractivity contribution >= 4 is 12.4 Å². The lowest BCUT2D eigenvalue weighted by Crippen LogP contribution is -2.09. The van der Waals surface area contributed by atoms with Gasteiger partial charge in [-0.05, 0) is 13.3 Å². The average Bonchev–Trinajstić information content (AvgIpc) is 1.61. The average molecular weight is 136 g/mol. The number of rotatable bonds is 2. The van der Waals surface area contributed by atoms with Crippen molar-refractivity contribution in [1.29, 1.82) is 0 Å². The number of halogens is 1. The summed E-state index contributed by atoms with van der Waals surface area (Å²) in [4.78, 5) is 0. The molecule has 0 aliphatic carbocycles. The van der Waals surface area contributed by atoms with Gasteiger partial charge in [0.05, 0.1) is 0 Å². The molecule has 1 unspecified atom stereocenters. The van der Waals surface area contributed by atoms with Crippen molar-refractivity contribution in [3.05, 3.63) is 12.2 Å². The molecule has 1 nitrogen and oxygen atoms in total. The van der Waals surface area contributed by atoms with Gasteiger partial charge in [-0.25, -0.2) is 0 Å². The Bertz CT molecular complexity index is 59.5. The lowest BCUT2D eigenvalue weighted by atomic mass is 10.3. The van der Waals surface area contributed by atoms with Gasteiger partial charge < -0.3 is 5.73 Å². The zero-order valence-electron chi connectivity index (χ0n) is 5.42. The van der Waals surface area contributed by atoms with E-state index in [9.17, 15) is 0 Å². The highest BCUT2D eigenvalue weighted by Gasteiger charge is 1.78. The van der Waals surface area contributed by atoms with E-state index in [2.05, 4.69) is 13.0 Å². The van der Waals surface area contributed by atoms with E-state index in [0.717, 1.165) is 6.42 Å². The molecule has 0 aromatic rings. The minimum atomic E-state index is 0. The predicted octanol–water partition coefficient (Wildman–Crippen LogP) is 1.72. The van der Waals surface area contributed by atoms with Crippen molar-refractivity contribution < 1.29 is 0 Å². The molecule has 0 aromatic heterocycles. The third-order valence-electron chi connectivity index (χ3n) is 0.675. The third kappa shape index (κ3) is 9.37. The molecule has 50 valence electrons. The van der Waals surface area contributed by atoms with Gasteiger partial charge in [0.25, 0.3) is 0 Å². The van der Waals surface area contributed by atoms with Crippen molar-refractivity contribution in [2.45, 2.75) is 26.3 Å². The van der Waals surface area contributed by atoms with Gasteiger partial charge in [-0.15, -0.1) is 12.4 Å². The van der Waals surface area contributed by atoms with Gasteiger partial charge in [-0.1, -0.05) is 19.1 Å². The van der Waals surface area contributed by atoms with Gasteiger partial charge in [0, 0.05) is 6.04 Å². The highest BCUT2D eigenvalue weighted by Crippen LogP contribution is 1.81. The molecule has 2 heteroatoms. The number of hydrogen-bond donors (Lipinski definition) is 1. The summed E-state index contributed by atoms with van der Waals surface area (Å²) < 4.78 is 0. The lowest BCUT2D eigenvalue weighted by Gasteiger charge is -1.90. The molecule has 0 spiro atoms. The molecule has 0 aliphatic heterocycles. The van der Waals surface area contributed by atoms with E-state index < -0.39 is 0 Å². The fourth-order valence-corrected chi connectivity index (χ4v) is 0.351. The first-order valence-electron chi connectivity index (χ1n) is 2.69. The molecule has 0 bridgehead atoms. The predicted molar refractivity (Wildman–Crippen MR) is 40.3 cm³/mol. The Balaban J connectivity index is 0. The summed E-state index contributed by atoms with van der Waals surface area (Å²) in [6.07, 6.45) is 5.16. The standard InChI is InChI=1S/C6H13N.ClH/c1-3-4-5-6(2)7;/h4-6H,3,7H2,1-2H3;1H/b5-4+;. The maximum atomic E-state index is 5.39. The van der Waals surface area contributed by atoms with E-state index in [1.165, 1.54) is 0 Å². The van der Waals surface area contributed by atoms with Gasteiger partial charge in [0.2, 0.25) is 0 Å². The Labute approximate surface area is 57.4 Å². The van der Waals surface area contributed by atoms with Crippen molar-refractivity contribution in [2.24, 2.45) is 5.73 Å². The Morgan fingerprint density at radius 1 is 1.62 bits per heavy atom. The van der Waals surface area contributed by atoms with E-state index >= 15 is 0 Å². The van der Waals surface area contributed by atoms with Crippen LogP contribution in [-0.2, 0) is 0 Å². The van der Waals surface area contributed by atoms with Gasteiger partial charge >= 0.3 is 0 Å². The molecular formula is C6H14ClN. The number of hydrogen-bond acceptors (Lipinski definition) is 1. The molecule has 2 N–H and O–H groups in total. The zero-order chi connectivity index (χ0) is 5.70. The van der Waals surface area contributed by atoms with Crippen LogP contribution in [-0.4, -0.2) is 6.04 Å². The van der Waals surface area contributed by atoms with Gasteiger partial charge in [-0.2, -0.15) is 0 Å². The maximum absolute atomic E-state index is 5.39. The van der Waals surface area contributed by atoms with Crippen LogP contribution < -0.4 is 5.73 Å². The molecule has 0 aliphatic rings. The molecule has 0 amide bonds. The van der Waals surface area contributed by atoms with E-state index in [1.807, 2.05) is 13.0 Å². The molecule has 0 heterocycles. The number of allylic oxidation sites excluding steroid dienone is 1. The molecule has 0 saturated heterocycles. The van der Waals surface area contributed by atoms with Gasteiger partial charge in [-0.3, -0.25) is 0 Å². The van der Waals surface area contributed by atoms with Crippen LogP contribution in [0.4, 0.5) is 0 Å². The van der Waals surface area contributed by atoms with E-state index in [0.29, 0.717) is 0 Å². The zero-order valence-corrected chi connectivity index (χ0v) is 6.24. The molecule has 0 aromatic carbocycles. The highest BCUT2D eigenvalue weighted by atomic mass is 35.5. The SMILES string of the molecule is CC/C=C/C(C)N.Cl. The van der Waals surface area contributed by atoms with Crippen LogP contribution in [0.5, 0.6) is 0 Å². The summed E-state index contributed by atoms with van der Waals surface area (Å²) in [6.45, 7) is 4.06. The second-order valence-electron chi connectivity index (χ2n) is 1.70. The van der Waals surface area contributed by atoms with Gasteiger partial charge in [0.1, 0.15) is 0 Å². The summed E-state index contributed by atoms with van der Waals surface area (Å²) in [5.74, 6) is 0. The Hall–Kier alpha value is -0.0100. The quantitative estimate of drug-likeness (QED) is 0.574. The molecule has 8 heavy (non-hydrogen) atoms. The van der Waals surface area contributed by atoms with Crippen LogP contribution >= 0.6 is 12.4 Å². The van der Waals surface area contributed by atoms with Crippen molar-refractivity contribution in [3.63, 3.8) is 0 Å². The van der Waals surface area contributed by atoms with Crippen molar-refractivity contribution in [3.8, 4) is 0 Å². The fraction of sp³-hybridized carbons (Fsp3) is 0.667. The number of nitrogens with two attached hydrogens (primary N) is 1. The van der Waals surface area contributed by atoms with E-state index in [1.54, 1.807) is 0 Å². The lowest BCUT2D eigenvalue weighted by molar-refractivity contribution is 0.918. The molecule has 0 rings (SSSR count). The van der Waals surface area contributed by atoms with Crippen LogP contribution in [0.15, 0.2) is 12.2 Å². The monoisotopic (exact) mass is 135 g/mol. The largest absolute Gasteiger partial charge is 0.325 e. The maximum Gasteiger partial charge on any atom is 0.0194 e. The van der Waals surface area contributed by atoms with Crippen LogP contribution in [0.2, 0.25) is 0 Å². The summed E-state index contributed by atoms with van der Waals surface area (Å²) in [6, 6.07) is 0.222. The van der Waals surface area contributed by atoms with Crippen molar-refractivity contribution in [1.82, 2.24) is 0 Å². The van der Waals surface area contributed by atoms with E-state index in [-0.39, 0.29) is 18.4 Å². The van der Waals surface area contributed by atoms with Crippen LogP contribution in [0, 0.1) is 0 Å². The first-order valence-corrected chi connectivity index (χ1v) is 2.69. The van der Waals surface area contributed by atoms with Crippen LogP contribution in [0.1, 0.15) is 20.3 Å². The molecule has 0 fully saturated rings. The Kier molecular flexibility index (Phi) is 9.51. The van der Waals surface area contributed by atoms with Crippen molar-refractivity contribution in [2.75, 3.05) is 0 Å². The summed E-state index contributed by atoms with van der Waals surface area (Å²) in [5.41, 5.74) is 5.39. The molecule has 0 radical (unpaired) electrons. The minimum Gasteiger partial charge on any atom is -0.325 e. The molecule has 1 atom stereocenters. The summed E-state index contributed by atoms with van der Waals surface area (Å²) in [5, 5.41) is 0. The molecule has 0 saturated carbocycles. The van der Waals surface area contributed by atoms with E-state index in [4.69, 9.17) is 5.73 Å². The Morgan fingerprint density at radius 3 is 2.25 bits per heavy atom. The smallest absolute Gasteiger partial charge is 0.0194 e. The summed E-state index contributed by atoms with van der Waals surface area (Å²) >= 11 is 0. The summed E-state index contributed by atoms with van der Waals surface area (Å²) in [7, 11) is 0. The van der Waals surface area contributed by atoms with Crippen LogP contribution in [0.3, 0.4) is 0 Å². The first-order chi connectivity index (χ1) is 3.27. The second-order valence-corrected chi connectivity index (χ2v) is 1.70.